The van der Waals surface area contributed by atoms with Gasteiger partial charge in [-0.25, -0.2) is 0 Å². The number of Topliss-reactive ketones (excluding diaryl/α,β-unsaturated/α-hetero) is 1. The predicted molar refractivity (Wildman–Crippen MR) is 80.0 cm³/mol. The lowest BCUT2D eigenvalue weighted by Gasteiger charge is -2.55. The molecular formula is C15H28O4Si. The summed E-state index contributed by atoms with van der Waals surface area (Å²) < 4.78 is 18.5. The summed E-state index contributed by atoms with van der Waals surface area (Å²) in [5, 5.41) is -0.195. The summed E-state index contributed by atoms with van der Waals surface area (Å²) in [4.78, 5) is 12.3. The first-order valence-electron chi connectivity index (χ1n) is 7.48. The van der Waals surface area contributed by atoms with Gasteiger partial charge in [-0.3, -0.25) is 4.79 Å². The second kappa shape index (κ2) is 4.90. The van der Waals surface area contributed by atoms with Crippen molar-refractivity contribution in [1.29, 1.82) is 0 Å². The normalized spacial score (nSPS) is 34.8. The Balaban J connectivity index is 2.33. The molecule has 2 rings (SSSR count). The van der Waals surface area contributed by atoms with Crippen molar-refractivity contribution in [2.75, 3.05) is 6.61 Å². The highest BCUT2D eigenvalue weighted by Crippen LogP contribution is 2.54. The van der Waals surface area contributed by atoms with Crippen LogP contribution in [0.4, 0.5) is 0 Å². The van der Waals surface area contributed by atoms with E-state index in [1.807, 2.05) is 6.92 Å². The van der Waals surface area contributed by atoms with Gasteiger partial charge in [-0.15, -0.1) is 0 Å². The van der Waals surface area contributed by atoms with Gasteiger partial charge in [0.2, 0.25) is 0 Å². The van der Waals surface area contributed by atoms with E-state index in [1.54, 1.807) is 0 Å². The third-order valence-corrected chi connectivity index (χ3v) is 9.38. The van der Waals surface area contributed by atoms with E-state index in [0.717, 1.165) is 0 Å². The molecule has 2 aliphatic rings. The standard InChI is InChI=1S/C15H28O4Si/c1-10-8-11(16)13-12(18-10)9-17-20(19-13,14(2,3)4)15(5,6)7/h10,12-13H,8-9H2,1-7H3/t10-,12+,13-/m0/s1. The molecule has 2 aliphatic heterocycles. The van der Waals surface area contributed by atoms with E-state index in [-0.39, 0.29) is 28.1 Å². The van der Waals surface area contributed by atoms with E-state index in [2.05, 4.69) is 41.5 Å². The third-order valence-electron chi connectivity index (χ3n) is 4.27. The number of carbonyl (C=O) groups excluding carboxylic acids is 1. The molecule has 2 heterocycles. The molecule has 0 unspecified atom stereocenters. The van der Waals surface area contributed by atoms with Crippen molar-refractivity contribution < 1.29 is 18.4 Å². The molecule has 0 aromatic heterocycles. The topological polar surface area (TPSA) is 44.8 Å². The Hall–Kier alpha value is -0.233. The van der Waals surface area contributed by atoms with E-state index < -0.39 is 14.7 Å². The van der Waals surface area contributed by atoms with Gasteiger partial charge in [-0.1, -0.05) is 41.5 Å². The predicted octanol–water partition coefficient (Wildman–Crippen LogP) is 3.19. The van der Waals surface area contributed by atoms with Gasteiger partial charge in [0.05, 0.1) is 12.7 Å². The third kappa shape index (κ3) is 2.49. The van der Waals surface area contributed by atoms with Crippen molar-refractivity contribution in [3.05, 3.63) is 0 Å². The number of ether oxygens (including phenoxy) is 1. The van der Waals surface area contributed by atoms with Crippen LogP contribution in [-0.4, -0.2) is 39.3 Å². The van der Waals surface area contributed by atoms with Crippen molar-refractivity contribution in [2.45, 2.75) is 83.3 Å². The average molecular weight is 300 g/mol. The highest BCUT2D eigenvalue weighted by atomic mass is 28.4. The molecule has 2 fully saturated rings. The van der Waals surface area contributed by atoms with E-state index >= 15 is 0 Å². The van der Waals surface area contributed by atoms with E-state index in [0.29, 0.717) is 13.0 Å². The smallest absolute Gasteiger partial charge is 0.350 e. The molecule has 0 radical (unpaired) electrons. The van der Waals surface area contributed by atoms with Crippen molar-refractivity contribution >= 4 is 14.3 Å². The summed E-state index contributed by atoms with van der Waals surface area (Å²) in [6.07, 6.45) is -0.268. The minimum absolute atomic E-state index is 0.0330. The first kappa shape index (κ1) is 16.1. The maximum Gasteiger partial charge on any atom is 0.350 e. The van der Waals surface area contributed by atoms with Crippen LogP contribution in [0, 0.1) is 0 Å². The molecule has 0 bridgehead atoms. The molecule has 0 amide bonds. The van der Waals surface area contributed by atoms with Crippen LogP contribution in [0.5, 0.6) is 0 Å². The molecule has 20 heavy (non-hydrogen) atoms. The summed E-state index contributed by atoms with van der Waals surface area (Å²) >= 11 is 0. The lowest BCUT2D eigenvalue weighted by Crippen LogP contribution is -2.67. The van der Waals surface area contributed by atoms with Gasteiger partial charge in [0.1, 0.15) is 12.2 Å². The zero-order chi connectivity index (χ0) is 15.3. The molecule has 116 valence electrons. The second-order valence-electron chi connectivity index (χ2n) is 8.12. The second-order valence-corrected chi connectivity index (χ2v) is 12.9. The minimum Gasteiger partial charge on any atom is -0.391 e. The highest BCUT2D eigenvalue weighted by Gasteiger charge is 2.63. The zero-order valence-corrected chi connectivity index (χ0v) is 14.8. The molecule has 5 heteroatoms. The van der Waals surface area contributed by atoms with Crippen LogP contribution < -0.4 is 0 Å². The molecule has 0 aliphatic carbocycles. The first-order chi connectivity index (χ1) is 8.98. The van der Waals surface area contributed by atoms with Crippen LogP contribution in [0.1, 0.15) is 54.9 Å². The van der Waals surface area contributed by atoms with E-state index in [9.17, 15) is 4.79 Å². The summed E-state index contributed by atoms with van der Waals surface area (Å²) in [5.41, 5.74) is 0. The molecule has 3 atom stereocenters. The van der Waals surface area contributed by atoms with Crippen molar-refractivity contribution in [3.8, 4) is 0 Å². The lowest BCUT2D eigenvalue weighted by atomic mass is 10.0. The number of hydrogen-bond acceptors (Lipinski definition) is 4. The van der Waals surface area contributed by atoms with Gasteiger partial charge >= 0.3 is 8.56 Å². The molecule has 0 aromatic rings. The van der Waals surface area contributed by atoms with Crippen LogP contribution in [0.25, 0.3) is 0 Å². The fourth-order valence-corrected chi connectivity index (χ4v) is 8.55. The highest BCUT2D eigenvalue weighted by molar-refractivity contribution is 6.73. The monoisotopic (exact) mass is 300 g/mol. The Kier molecular flexibility index (Phi) is 3.96. The fraction of sp³-hybridized carbons (Fsp3) is 0.933. The van der Waals surface area contributed by atoms with Gasteiger partial charge in [-0.05, 0) is 6.92 Å². The Labute approximate surface area is 123 Å². The van der Waals surface area contributed by atoms with Crippen LogP contribution in [0.2, 0.25) is 10.1 Å². The Morgan fingerprint density at radius 2 is 1.65 bits per heavy atom. The van der Waals surface area contributed by atoms with Crippen LogP contribution in [0.3, 0.4) is 0 Å². The van der Waals surface area contributed by atoms with E-state index in [4.69, 9.17) is 13.6 Å². The number of carbonyl (C=O) groups is 1. The van der Waals surface area contributed by atoms with Crippen LogP contribution in [0.15, 0.2) is 0 Å². The minimum atomic E-state index is -2.56. The van der Waals surface area contributed by atoms with Crippen molar-refractivity contribution in [2.24, 2.45) is 0 Å². The average Bonchev–Trinajstić information content (AvgIpc) is 2.25. The summed E-state index contributed by atoms with van der Waals surface area (Å²) in [6.45, 7) is 15.3. The van der Waals surface area contributed by atoms with Crippen LogP contribution in [-0.2, 0) is 18.4 Å². The molecule has 0 aromatic carbocycles. The molecule has 0 saturated carbocycles. The molecule has 4 nitrogen and oxygen atoms in total. The SMILES string of the molecule is C[C@H]1CC(=O)[C@@H]2O[Si](C(C)(C)C)(C(C)(C)C)OC[C@H]2O1. The molecular weight excluding hydrogens is 272 g/mol. The fourth-order valence-electron chi connectivity index (χ4n) is 3.62. The van der Waals surface area contributed by atoms with Gasteiger partial charge in [-0.2, -0.15) is 0 Å². The van der Waals surface area contributed by atoms with Crippen molar-refractivity contribution in [3.63, 3.8) is 0 Å². The summed E-state index contributed by atoms with van der Waals surface area (Å²) in [6, 6.07) is 0. The van der Waals surface area contributed by atoms with Gasteiger partial charge in [0.15, 0.2) is 5.78 Å². The number of fused-ring (bicyclic) bond motifs is 1. The van der Waals surface area contributed by atoms with Gasteiger partial charge < -0.3 is 13.6 Å². The van der Waals surface area contributed by atoms with Crippen LogP contribution >= 0.6 is 0 Å². The Morgan fingerprint density at radius 3 is 2.15 bits per heavy atom. The Bertz CT molecular complexity index is 380. The lowest BCUT2D eigenvalue weighted by molar-refractivity contribution is -0.173. The molecule has 2 saturated heterocycles. The maximum atomic E-state index is 12.3. The summed E-state index contributed by atoms with van der Waals surface area (Å²) in [7, 11) is -2.56. The maximum absolute atomic E-state index is 12.3. The Morgan fingerprint density at radius 1 is 1.10 bits per heavy atom. The van der Waals surface area contributed by atoms with E-state index in [1.165, 1.54) is 0 Å². The molecule has 0 N–H and O–H groups in total. The largest absolute Gasteiger partial charge is 0.391 e. The quantitative estimate of drug-likeness (QED) is 0.645. The first-order valence-corrected chi connectivity index (χ1v) is 9.29. The number of ketones is 1. The van der Waals surface area contributed by atoms with Gasteiger partial charge in [0, 0.05) is 16.5 Å². The molecule has 0 spiro atoms. The van der Waals surface area contributed by atoms with Gasteiger partial charge in [0.25, 0.3) is 0 Å². The van der Waals surface area contributed by atoms with Crippen molar-refractivity contribution in [1.82, 2.24) is 0 Å². The number of hydrogen-bond donors (Lipinski definition) is 0. The zero-order valence-electron chi connectivity index (χ0n) is 13.8. The number of rotatable bonds is 0. The summed E-state index contributed by atoms with van der Waals surface area (Å²) in [5.74, 6) is 0.169.